The number of nitrogens with one attached hydrogen (secondary N) is 1. The normalized spacial score (nSPS) is 18.4. The van der Waals surface area contributed by atoms with E-state index in [4.69, 9.17) is 0 Å². The summed E-state index contributed by atoms with van der Waals surface area (Å²) in [6, 6.07) is 14.1. The standard InChI is InChI=1S/C21H25F2N3O/c1-25-13-14-26(19(15-25)16-7-3-2-4-8-16)12-6-11-24-21(27)20-17(22)9-5-10-18(20)23/h2-5,7-10,19H,6,11-15H2,1H3,(H,24,27). The second-order valence-corrected chi connectivity index (χ2v) is 6.93. The Morgan fingerprint density at radius 2 is 1.78 bits per heavy atom. The third kappa shape index (κ3) is 4.90. The molecule has 1 unspecified atom stereocenters. The Labute approximate surface area is 158 Å². The summed E-state index contributed by atoms with van der Waals surface area (Å²) in [5.74, 6) is -2.38. The number of hydrogen-bond acceptors (Lipinski definition) is 3. The molecule has 0 radical (unpaired) electrons. The van der Waals surface area contributed by atoms with Crippen molar-refractivity contribution in [1.29, 1.82) is 0 Å². The number of halogens is 2. The van der Waals surface area contributed by atoms with Crippen molar-refractivity contribution in [2.75, 3.05) is 39.8 Å². The van der Waals surface area contributed by atoms with Gasteiger partial charge >= 0.3 is 0 Å². The fourth-order valence-corrected chi connectivity index (χ4v) is 3.50. The van der Waals surface area contributed by atoms with Crippen LogP contribution in [0.15, 0.2) is 48.5 Å². The molecule has 2 aromatic carbocycles. The van der Waals surface area contributed by atoms with Crippen LogP contribution in [0.5, 0.6) is 0 Å². The lowest BCUT2D eigenvalue weighted by atomic mass is 10.0. The second kappa shape index (κ2) is 9.06. The van der Waals surface area contributed by atoms with Gasteiger partial charge in [-0.2, -0.15) is 0 Å². The Bertz CT molecular complexity index is 749. The van der Waals surface area contributed by atoms with E-state index in [9.17, 15) is 13.6 Å². The first-order valence-corrected chi connectivity index (χ1v) is 9.26. The van der Waals surface area contributed by atoms with Crippen LogP contribution < -0.4 is 5.32 Å². The second-order valence-electron chi connectivity index (χ2n) is 6.93. The number of carbonyl (C=O) groups is 1. The third-order valence-electron chi connectivity index (χ3n) is 4.98. The van der Waals surface area contributed by atoms with Crippen molar-refractivity contribution in [3.63, 3.8) is 0 Å². The fraction of sp³-hybridized carbons (Fsp3) is 0.381. The van der Waals surface area contributed by atoms with Crippen LogP contribution in [0.2, 0.25) is 0 Å². The Hall–Kier alpha value is -2.31. The quantitative estimate of drug-likeness (QED) is 0.791. The SMILES string of the molecule is CN1CCN(CCCNC(=O)c2c(F)cccc2F)C(c2ccccc2)C1. The number of rotatable bonds is 6. The minimum Gasteiger partial charge on any atom is -0.352 e. The number of hydrogen-bond donors (Lipinski definition) is 1. The summed E-state index contributed by atoms with van der Waals surface area (Å²) in [5, 5.41) is 2.63. The molecule has 1 amide bonds. The van der Waals surface area contributed by atoms with E-state index in [0.717, 1.165) is 44.7 Å². The minimum absolute atomic E-state index is 0.310. The molecule has 1 atom stereocenters. The monoisotopic (exact) mass is 373 g/mol. The molecular weight excluding hydrogens is 348 g/mol. The molecular formula is C21H25F2N3O. The molecule has 0 spiro atoms. The minimum atomic E-state index is -0.837. The maximum absolute atomic E-state index is 13.7. The van der Waals surface area contributed by atoms with Crippen LogP contribution in [0.1, 0.15) is 28.4 Å². The molecule has 1 N–H and O–H groups in total. The zero-order valence-electron chi connectivity index (χ0n) is 15.5. The van der Waals surface area contributed by atoms with Gasteiger partial charge in [0.1, 0.15) is 17.2 Å². The highest BCUT2D eigenvalue weighted by molar-refractivity contribution is 5.94. The van der Waals surface area contributed by atoms with Crippen LogP contribution in [-0.2, 0) is 0 Å². The van der Waals surface area contributed by atoms with E-state index in [-0.39, 0.29) is 0 Å². The van der Waals surface area contributed by atoms with Gasteiger partial charge in [-0.25, -0.2) is 8.78 Å². The third-order valence-corrected chi connectivity index (χ3v) is 4.98. The van der Waals surface area contributed by atoms with Crippen molar-refractivity contribution < 1.29 is 13.6 Å². The van der Waals surface area contributed by atoms with E-state index < -0.39 is 23.1 Å². The van der Waals surface area contributed by atoms with E-state index in [1.165, 1.54) is 11.6 Å². The summed E-state index contributed by atoms with van der Waals surface area (Å²) in [6.07, 6.45) is 0.717. The smallest absolute Gasteiger partial charge is 0.257 e. The lowest BCUT2D eigenvalue weighted by molar-refractivity contribution is 0.0863. The summed E-state index contributed by atoms with van der Waals surface area (Å²) in [4.78, 5) is 16.8. The molecule has 1 aliphatic rings. The zero-order chi connectivity index (χ0) is 19.2. The molecule has 3 rings (SSSR count). The lowest BCUT2D eigenvalue weighted by Crippen LogP contribution is -2.47. The predicted molar refractivity (Wildman–Crippen MR) is 102 cm³/mol. The van der Waals surface area contributed by atoms with Crippen LogP contribution >= 0.6 is 0 Å². The number of nitrogens with zero attached hydrogens (tertiary/aromatic N) is 2. The van der Waals surface area contributed by atoms with Gasteiger partial charge < -0.3 is 10.2 Å². The van der Waals surface area contributed by atoms with Gasteiger partial charge in [-0.3, -0.25) is 9.69 Å². The van der Waals surface area contributed by atoms with Crippen LogP contribution in [-0.4, -0.2) is 55.5 Å². The highest BCUT2D eigenvalue weighted by atomic mass is 19.1. The van der Waals surface area contributed by atoms with Gasteiger partial charge in [-0.1, -0.05) is 36.4 Å². The Morgan fingerprint density at radius 3 is 2.48 bits per heavy atom. The van der Waals surface area contributed by atoms with E-state index in [2.05, 4.69) is 34.3 Å². The lowest BCUT2D eigenvalue weighted by Gasteiger charge is -2.40. The zero-order valence-corrected chi connectivity index (χ0v) is 15.5. The highest BCUT2D eigenvalue weighted by Gasteiger charge is 2.26. The van der Waals surface area contributed by atoms with Crippen LogP contribution in [0.4, 0.5) is 8.78 Å². The van der Waals surface area contributed by atoms with Crippen molar-refractivity contribution in [2.45, 2.75) is 12.5 Å². The van der Waals surface area contributed by atoms with Gasteiger partial charge in [-0.05, 0) is 31.2 Å². The number of benzene rings is 2. The fourth-order valence-electron chi connectivity index (χ4n) is 3.50. The van der Waals surface area contributed by atoms with Crippen molar-refractivity contribution in [3.05, 3.63) is 71.3 Å². The van der Waals surface area contributed by atoms with E-state index in [1.807, 2.05) is 18.2 Å². The van der Waals surface area contributed by atoms with Crippen molar-refractivity contribution >= 4 is 5.91 Å². The van der Waals surface area contributed by atoms with Gasteiger partial charge in [0, 0.05) is 38.8 Å². The highest BCUT2D eigenvalue weighted by Crippen LogP contribution is 2.24. The molecule has 0 aliphatic carbocycles. The molecule has 1 fully saturated rings. The molecule has 144 valence electrons. The van der Waals surface area contributed by atoms with Gasteiger partial charge in [0.2, 0.25) is 0 Å². The topological polar surface area (TPSA) is 35.6 Å². The van der Waals surface area contributed by atoms with Gasteiger partial charge in [-0.15, -0.1) is 0 Å². The molecule has 2 aromatic rings. The first kappa shape index (κ1) is 19.5. The van der Waals surface area contributed by atoms with Crippen LogP contribution in [0, 0.1) is 11.6 Å². The molecule has 1 aliphatic heterocycles. The summed E-state index contributed by atoms with van der Waals surface area (Å²) >= 11 is 0. The average Bonchev–Trinajstić information content (AvgIpc) is 2.66. The van der Waals surface area contributed by atoms with Crippen molar-refractivity contribution in [1.82, 2.24) is 15.1 Å². The summed E-state index contributed by atoms with van der Waals surface area (Å²) in [5.41, 5.74) is 0.765. The Morgan fingerprint density at radius 1 is 1.07 bits per heavy atom. The molecule has 6 heteroatoms. The Balaban J connectivity index is 1.54. The summed E-state index contributed by atoms with van der Waals surface area (Å²) in [7, 11) is 2.12. The van der Waals surface area contributed by atoms with Gasteiger partial charge in [0.15, 0.2) is 0 Å². The van der Waals surface area contributed by atoms with Gasteiger partial charge in [0.25, 0.3) is 5.91 Å². The molecule has 27 heavy (non-hydrogen) atoms. The van der Waals surface area contributed by atoms with E-state index in [0.29, 0.717) is 12.6 Å². The average molecular weight is 373 g/mol. The number of likely N-dealkylation sites (N-methyl/N-ethyl adjacent to an activating group) is 1. The first-order chi connectivity index (χ1) is 13.1. The predicted octanol–water partition coefficient (Wildman–Crippen LogP) is 3.07. The van der Waals surface area contributed by atoms with Crippen LogP contribution in [0.3, 0.4) is 0 Å². The van der Waals surface area contributed by atoms with E-state index >= 15 is 0 Å². The molecule has 0 saturated carbocycles. The van der Waals surface area contributed by atoms with Crippen molar-refractivity contribution in [2.24, 2.45) is 0 Å². The molecule has 1 heterocycles. The number of piperazine rings is 1. The maximum atomic E-state index is 13.7. The molecule has 0 bridgehead atoms. The largest absolute Gasteiger partial charge is 0.352 e. The number of carbonyl (C=O) groups excluding carboxylic acids is 1. The summed E-state index contributed by atoms with van der Waals surface area (Å²) < 4.78 is 27.3. The Kier molecular flexibility index (Phi) is 6.53. The molecule has 4 nitrogen and oxygen atoms in total. The molecule has 1 saturated heterocycles. The molecule has 0 aromatic heterocycles. The van der Waals surface area contributed by atoms with Crippen LogP contribution in [0.25, 0.3) is 0 Å². The summed E-state index contributed by atoms with van der Waals surface area (Å²) in [6.45, 7) is 4.09. The number of amides is 1. The maximum Gasteiger partial charge on any atom is 0.257 e. The van der Waals surface area contributed by atoms with Crippen molar-refractivity contribution in [3.8, 4) is 0 Å². The first-order valence-electron chi connectivity index (χ1n) is 9.26. The van der Waals surface area contributed by atoms with Gasteiger partial charge in [0.05, 0.1) is 0 Å². The van der Waals surface area contributed by atoms with E-state index in [1.54, 1.807) is 0 Å².